The SMILES string of the molecule is Cc1ccc(Cl)c(NC(=O)CSc2nnc(C3CC3)n2-c2ccccc2)c1Cl. The van der Waals surface area contributed by atoms with Gasteiger partial charge < -0.3 is 5.32 Å². The molecular formula is C20H18Cl2N4OS. The van der Waals surface area contributed by atoms with Crippen LogP contribution in [0.3, 0.4) is 0 Å². The summed E-state index contributed by atoms with van der Waals surface area (Å²) in [6, 6.07) is 13.5. The van der Waals surface area contributed by atoms with Gasteiger partial charge in [0.1, 0.15) is 5.82 Å². The van der Waals surface area contributed by atoms with Crippen LogP contribution in [0, 0.1) is 6.92 Å². The number of rotatable bonds is 6. The predicted molar refractivity (Wildman–Crippen MR) is 114 cm³/mol. The number of nitrogens with one attached hydrogen (secondary N) is 1. The molecule has 1 heterocycles. The lowest BCUT2D eigenvalue weighted by atomic mass is 10.2. The zero-order chi connectivity index (χ0) is 19.7. The van der Waals surface area contributed by atoms with Crippen LogP contribution in [0.25, 0.3) is 5.69 Å². The highest BCUT2D eigenvalue weighted by Crippen LogP contribution is 2.41. The maximum Gasteiger partial charge on any atom is 0.234 e. The van der Waals surface area contributed by atoms with Crippen LogP contribution in [-0.2, 0) is 4.79 Å². The minimum Gasteiger partial charge on any atom is -0.323 e. The molecule has 4 rings (SSSR count). The average Bonchev–Trinajstić information content (AvgIpc) is 3.46. The lowest BCUT2D eigenvalue weighted by Gasteiger charge is -2.12. The quantitative estimate of drug-likeness (QED) is 0.523. The number of hydrogen-bond donors (Lipinski definition) is 1. The van der Waals surface area contributed by atoms with Gasteiger partial charge in [0.15, 0.2) is 5.16 Å². The Hall–Kier alpha value is -2.02. The third-order valence-corrected chi connectivity index (χ3v) is 6.23. The molecule has 0 atom stereocenters. The molecule has 0 saturated heterocycles. The van der Waals surface area contributed by atoms with E-state index in [0.29, 0.717) is 26.8 Å². The van der Waals surface area contributed by atoms with E-state index in [-0.39, 0.29) is 11.7 Å². The van der Waals surface area contributed by atoms with Crippen LogP contribution in [0.4, 0.5) is 5.69 Å². The standard InChI is InChI=1S/C20H18Cl2N4OS/c1-12-7-10-15(21)18(17(12)22)23-16(27)11-28-20-25-24-19(13-8-9-13)26(20)14-5-3-2-4-6-14/h2-7,10,13H,8-9,11H2,1H3,(H,23,27). The Morgan fingerprint density at radius 2 is 1.93 bits per heavy atom. The molecule has 0 unspecified atom stereocenters. The summed E-state index contributed by atoms with van der Waals surface area (Å²) in [5, 5.41) is 13.1. The highest BCUT2D eigenvalue weighted by atomic mass is 35.5. The first kappa shape index (κ1) is 19.3. The summed E-state index contributed by atoms with van der Waals surface area (Å²) in [5.41, 5.74) is 2.30. The van der Waals surface area contributed by atoms with Gasteiger partial charge in [0.25, 0.3) is 0 Å². The molecule has 8 heteroatoms. The molecule has 1 N–H and O–H groups in total. The van der Waals surface area contributed by atoms with Gasteiger partial charge in [-0.05, 0) is 43.5 Å². The summed E-state index contributed by atoms with van der Waals surface area (Å²) in [6.45, 7) is 1.87. The van der Waals surface area contributed by atoms with Crippen molar-refractivity contribution in [1.29, 1.82) is 0 Å². The van der Waals surface area contributed by atoms with Crippen LogP contribution in [-0.4, -0.2) is 26.4 Å². The first-order valence-electron chi connectivity index (χ1n) is 8.92. The van der Waals surface area contributed by atoms with Crippen LogP contribution in [0.1, 0.15) is 30.1 Å². The van der Waals surface area contributed by atoms with Gasteiger partial charge in [0.05, 0.1) is 21.5 Å². The Bertz CT molecular complexity index is 1020. The van der Waals surface area contributed by atoms with Gasteiger partial charge in [-0.25, -0.2) is 0 Å². The van der Waals surface area contributed by atoms with E-state index < -0.39 is 0 Å². The van der Waals surface area contributed by atoms with E-state index in [1.54, 1.807) is 6.07 Å². The fourth-order valence-corrected chi connectivity index (χ4v) is 4.10. The topological polar surface area (TPSA) is 59.8 Å². The molecule has 3 aromatic rings. The molecule has 1 aliphatic carbocycles. The summed E-state index contributed by atoms with van der Waals surface area (Å²) >= 11 is 13.8. The molecule has 0 spiro atoms. The summed E-state index contributed by atoms with van der Waals surface area (Å²) in [6.07, 6.45) is 2.25. The maximum atomic E-state index is 12.5. The van der Waals surface area contributed by atoms with Crippen molar-refractivity contribution in [2.24, 2.45) is 0 Å². The summed E-state index contributed by atoms with van der Waals surface area (Å²) < 4.78 is 2.04. The van der Waals surface area contributed by atoms with Crippen molar-refractivity contribution < 1.29 is 4.79 Å². The van der Waals surface area contributed by atoms with Crippen molar-refractivity contribution in [2.45, 2.75) is 30.8 Å². The molecule has 2 aromatic carbocycles. The molecule has 0 aliphatic heterocycles. The highest BCUT2D eigenvalue weighted by Gasteiger charge is 2.31. The Balaban J connectivity index is 1.51. The molecule has 5 nitrogen and oxygen atoms in total. The van der Waals surface area contributed by atoms with Gasteiger partial charge in [-0.1, -0.05) is 59.2 Å². The Morgan fingerprint density at radius 1 is 1.18 bits per heavy atom. The van der Waals surface area contributed by atoms with E-state index in [9.17, 15) is 4.79 Å². The molecule has 1 aliphatic rings. The fourth-order valence-electron chi connectivity index (χ4n) is 2.88. The second-order valence-electron chi connectivity index (χ2n) is 6.68. The van der Waals surface area contributed by atoms with Crippen LogP contribution in [0.5, 0.6) is 0 Å². The van der Waals surface area contributed by atoms with Crippen molar-refractivity contribution in [3.05, 3.63) is 63.9 Å². The molecule has 0 bridgehead atoms. The number of carbonyl (C=O) groups excluding carboxylic acids is 1. The number of nitrogens with zero attached hydrogens (tertiary/aromatic N) is 3. The van der Waals surface area contributed by atoms with E-state index in [4.69, 9.17) is 23.2 Å². The molecule has 28 heavy (non-hydrogen) atoms. The monoisotopic (exact) mass is 432 g/mol. The maximum absolute atomic E-state index is 12.5. The third-order valence-electron chi connectivity index (χ3n) is 4.50. The number of anilines is 1. The third kappa shape index (κ3) is 4.04. The molecule has 0 radical (unpaired) electrons. The first-order chi connectivity index (χ1) is 13.5. The molecule has 144 valence electrons. The van der Waals surface area contributed by atoms with Crippen molar-refractivity contribution in [2.75, 3.05) is 11.1 Å². The van der Waals surface area contributed by atoms with E-state index >= 15 is 0 Å². The van der Waals surface area contributed by atoms with E-state index in [1.807, 2.05) is 47.9 Å². The lowest BCUT2D eigenvalue weighted by Crippen LogP contribution is -2.15. The Morgan fingerprint density at radius 3 is 2.64 bits per heavy atom. The second kappa shape index (κ2) is 8.15. The average molecular weight is 433 g/mol. The molecule has 1 fully saturated rings. The minimum absolute atomic E-state index is 0.177. The number of hydrogen-bond acceptors (Lipinski definition) is 4. The van der Waals surface area contributed by atoms with E-state index in [1.165, 1.54) is 11.8 Å². The first-order valence-corrected chi connectivity index (χ1v) is 10.7. The Labute approximate surface area is 177 Å². The smallest absolute Gasteiger partial charge is 0.234 e. The highest BCUT2D eigenvalue weighted by molar-refractivity contribution is 7.99. The summed E-state index contributed by atoms with van der Waals surface area (Å²) in [5.74, 6) is 1.38. The molecule has 1 aromatic heterocycles. The van der Waals surface area contributed by atoms with Crippen molar-refractivity contribution >= 4 is 46.6 Å². The summed E-state index contributed by atoms with van der Waals surface area (Å²) in [4.78, 5) is 12.5. The van der Waals surface area contributed by atoms with Crippen molar-refractivity contribution in [3.63, 3.8) is 0 Å². The van der Waals surface area contributed by atoms with E-state index in [2.05, 4.69) is 15.5 Å². The van der Waals surface area contributed by atoms with Crippen LogP contribution >= 0.6 is 35.0 Å². The predicted octanol–water partition coefficient (Wildman–Crippen LogP) is 5.49. The minimum atomic E-state index is -0.199. The number of thioether (sulfide) groups is 1. The largest absolute Gasteiger partial charge is 0.323 e. The fraction of sp³-hybridized carbons (Fsp3) is 0.250. The van der Waals surface area contributed by atoms with Gasteiger partial charge in [-0.2, -0.15) is 0 Å². The number of para-hydroxylation sites is 1. The molecule has 1 saturated carbocycles. The molecule has 1 amide bonds. The second-order valence-corrected chi connectivity index (χ2v) is 8.40. The van der Waals surface area contributed by atoms with Gasteiger partial charge >= 0.3 is 0 Å². The van der Waals surface area contributed by atoms with Gasteiger partial charge in [-0.15, -0.1) is 10.2 Å². The van der Waals surface area contributed by atoms with Crippen molar-refractivity contribution in [3.8, 4) is 5.69 Å². The van der Waals surface area contributed by atoms with Gasteiger partial charge in [0.2, 0.25) is 5.91 Å². The normalized spacial score (nSPS) is 13.5. The van der Waals surface area contributed by atoms with Crippen LogP contribution < -0.4 is 5.32 Å². The van der Waals surface area contributed by atoms with Crippen LogP contribution in [0.15, 0.2) is 47.6 Å². The zero-order valence-electron chi connectivity index (χ0n) is 15.2. The van der Waals surface area contributed by atoms with E-state index in [0.717, 1.165) is 29.9 Å². The zero-order valence-corrected chi connectivity index (χ0v) is 17.5. The number of carbonyl (C=O) groups is 1. The van der Waals surface area contributed by atoms with Crippen molar-refractivity contribution in [1.82, 2.24) is 14.8 Å². The number of benzene rings is 2. The molecular weight excluding hydrogens is 415 g/mol. The Kier molecular flexibility index (Phi) is 5.62. The van der Waals surface area contributed by atoms with Gasteiger partial charge in [0, 0.05) is 11.6 Å². The lowest BCUT2D eigenvalue weighted by molar-refractivity contribution is -0.113. The van der Waals surface area contributed by atoms with Gasteiger partial charge in [-0.3, -0.25) is 9.36 Å². The van der Waals surface area contributed by atoms with Crippen LogP contribution in [0.2, 0.25) is 10.0 Å². The number of aromatic nitrogens is 3. The number of aryl methyl sites for hydroxylation is 1. The number of amides is 1. The summed E-state index contributed by atoms with van der Waals surface area (Å²) in [7, 11) is 0. The number of halogens is 2.